The monoisotopic (exact) mass is 412 g/mol. The molecule has 0 aliphatic carbocycles. The SMILES string of the molecule is Fc1cc(Br)c2c(Sc3ccc(Cl)cc3)c3n(c2c1F)CC[CH]3. The van der Waals surface area contributed by atoms with Crippen LogP contribution in [-0.4, -0.2) is 4.57 Å². The highest BCUT2D eigenvalue weighted by Gasteiger charge is 2.27. The average Bonchev–Trinajstić information content (AvgIpc) is 3.09. The number of fused-ring (bicyclic) bond motifs is 3. The van der Waals surface area contributed by atoms with Crippen LogP contribution in [0.3, 0.4) is 0 Å². The fourth-order valence-electron chi connectivity index (χ4n) is 2.91. The van der Waals surface area contributed by atoms with Crippen molar-refractivity contribution >= 4 is 50.2 Å². The second kappa shape index (κ2) is 5.80. The highest BCUT2D eigenvalue weighted by molar-refractivity contribution is 9.10. The molecule has 0 amide bonds. The van der Waals surface area contributed by atoms with E-state index in [2.05, 4.69) is 22.4 Å². The highest BCUT2D eigenvalue weighted by atomic mass is 79.9. The van der Waals surface area contributed by atoms with Gasteiger partial charge in [0.15, 0.2) is 11.6 Å². The van der Waals surface area contributed by atoms with Gasteiger partial charge in [-0.3, -0.25) is 0 Å². The molecule has 1 aliphatic rings. The van der Waals surface area contributed by atoms with Gasteiger partial charge in [0.25, 0.3) is 0 Å². The molecule has 0 bridgehead atoms. The van der Waals surface area contributed by atoms with Crippen LogP contribution in [0.1, 0.15) is 12.1 Å². The standard InChI is InChI=1S/C17H10BrClF2NS/c18-11-8-12(20)15(21)16-14(11)17(13-2-1-7-22(13)16)23-10-5-3-9(19)4-6-10/h2-6,8H,1,7H2. The summed E-state index contributed by atoms with van der Waals surface area (Å²) in [5, 5.41) is 1.39. The smallest absolute Gasteiger partial charge is 0.183 e. The summed E-state index contributed by atoms with van der Waals surface area (Å²) in [5.74, 6) is -1.62. The molecule has 0 N–H and O–H groups in total. The summed E-state index contributed by atoms with van der Waals surface area (Å²) in [4.78, 5) is 1.94. The topological polar surface area (TPSA) is 4.93 Å². The van der Waals surface area contributed by atoms with Gasteiger partial charge in [0.2, 0.25) is 0 Å². The van der Waals surface area contributed by atoms with E-state index in [1.54, 1.807) is 0 Å². The molecule has 3 aromatic rings. The Labute approximate surface area is 149 Å². The summed E-state index contributed by atoms with van der Waals surface area (Å²) in [6.07, 6.45) is 2.90. The van der Waals surface area contributed by atoms with Crippen molar-refractivity contribution in [2.24, 2.45) is 0 Å². The lowest BCUT2D eigenvalue weighted by Crippen LogP contribution is -1.96. The third kappa shape index (κ3) is 2.49. The molecular formula is C17H10BrClF2NS. The molecule has 23 heavy (non-hydrogen) atoms. The van der Waals surface area contributed by atoms with E-state index in [1.807, 2.05) is 28.8 Å². The molecule has 0 unspecified atom stereocenters. The van der Waals surface area contributed by atoms with Crippen LogP contribution in [0.4, 0.5) is 8.78 Å². The molecule has 2 aromatic carbocycles. The molecule has 6 heteroatoms. The van der Waals surface area contributed by atoms with Crippen molar-refractivity contribution in [2.45, 2.75) is 22.8 Å². The fourth-order valence-corrected chi connectivity index (χ4v) is 4.87. The fraction of sp³-hybridized carbons (Fsp3) is 0.118. The summed E-state index contributed by atoms with van der Waals surface area (Å²) in [7, 11) is 0. The molecule has 2 heterocycles. The first-order valence-corrected chi connectivity index (χ1v) is 9.01. The molecular weight excluding hydrogens is 404 g/mol. The van der Waals surface area contributed by atoms with Crippen molar-refractivity contribution in [1.82, 2.24) is 4.57 Å². The zero-order valence-corrected chi connectivity index (χ0v) is 14.9. The molecule has 117 valence electrons. The van der Waals surface area contributed by atoms with Crippen LogP contribution in [0.2, 0.25) is 5.02 Å². The number of nitrogens with zero attached hydrogens (tertiary/aromatic N) is 1. The summed E-state index contributed by atoms with van der Waals surface area (Å²) < 4.78 is 30.6. The molecule has 0 spiro atoms. The van der Waals surface area contributed by atoms with Crippen LogP contribution < -0.4 is 0 Å². The Morgan fingerprint density at radius 2 is 1.91 bits per heavy atom. The number of hydrogen-bond acceptors (Lipinski definition) is 1. The Morgan fingerprint density at radius 1 is 1.17 bits per heavy atom. The van der Waals surface area contributed by atoms with E-state index < -0.39 is 11.6 Å². The third-order valence-electron chi connectivity index (χ3n) is 3.89. The van der Waals surface area contributed by atoms with Crippen LogP contribution in [0.15, 0.2) is 44.6 Å². The molecule has 1 aliphatic heterocycles. The van der Waals surface area contributed by atoms with Crippen molar-refractivity contribution in [3.8, 4) is 0 Å². The largest absolute Gasteiger partial charge is 0.341 e. The van der Waals surface area contributed by atoms with Crippen molar-refractivity contribution in [1.29, 1.82) is 0 Å². The normalized spacial score (nSPS) is 13.7. The lowest BCUT2D eigenvalue weighted by atomic mass is 10.2. The maximum atomic E-state index is 14.4. The lowest BCUT2D eigenvalue weighted by Gasteiger charge is -2.05. The maximum absolute atomic E-state index is 14.4. The van der Waals surface area contributed by atoms with Gasteiger partial charge in [-0.15, -0.1) is 0 Å². The van der Waals surface area contributed by atoms with Gasteiger partial charge in [0.05, 0.1) is 5.52 Å². The molecule has 0 fully saturated rings. The zero-order valence-electron chi connectivity index (χ0n) is 11.7. The Hall–Kier alpha value is -1.04. The van der Waals surface area contributed by atoms with Gasteiger partial charge in [0, 0.05) is 43.3 Å². The van der Waals surface area contributed by atoms with E-state index in [4.69, 9.17) is 11.6 Å². The first-order chi connectivity index (χ1) is 11.1. The predicted molar refractivity (Wildman–Crippen MR) is 93.1 cm³/mol. The van der Waals surface area contributed by atoms with Crippen LogP contribution in [-0.2, 0) is 6.54 Å². The van der Waals surface area contributed by atoms with Crippen LogP contribution in [0.25, 0.3) is 10.9 Å². The Bertz CT molecular complexity index is 921. The molecule has 0 saturated carbocycles. The number of halogens is 4. The molecule has 1 nitrogen and oxygen atoms in total. The van der Waals surface area contributed by atoms with Crippen LogP contribution in [0.5, 0.6) is 0 Å². The van der Waals surface area contributed by atoms with Gasteiger partial charge in [-0.05, 0) is 52.7 Å². The first-order valence-electron chi connectivity index (χ1n) is 7.02. The van der Waals surface area contributed by atoms with Gasteiger partial charge < -0.3 is 4.57 Å². The molecule has 1 aromatic heterocycles. The van der Waals surface area contributed by atoms with Gasteiger partial charge in [0.1, 0.15) is 0 Å². The van der Waals surface area contributed by atoms with E-state index in [0.29, 0.717) is 21.6 Å². The van der Waals surface area contributed by atoms with Gasteiger partial charge in [-0.2, -0.15) is 0 Å². The Balaban J connectivity index is 1.96. The Morgan fingerprint density at radius 3 is 2.65 bits per heavy atom. The molecule has 4 rings (SSSR count). The van der Waals surface area contributed by atoms with Crippen LogP contribution in [0, 0.1) is 18.1 Å². The van der Waals surface area contributed by atoms with E-state index in [1.165, 1.54) is 17.8 Å². The van der Waals surface area contributed by atoms with E-state index in [-0.39, 0.29) is 0 Å². The highest BCUT2D eigenvalue weighted by Crippen LogP contribution is 2.45. The first kappa shape index (κ1) is 15.5. The number of benzene rings is 2. The molecule has 0 saturated heterocycles. The third-order valence-corrected chi connectivity index (χ3v) is 5.89. The van der Waals surface area contributed by atoms with E-state index in [9.17, 15) is 8.78 Å². The summed E-state index contributed by atoms with van der Waals surface area (Å²) in [6, 6.07) is 8.68. The quantitative estimate of drug-likeness (QED) is 0.437. The van der Waals surface area contributed by atoms with Crippen molar-refractivity contribution in [2.75, 3.05) is 0 Å². The van der Waals surface area contributed by atoms with Gasteiger partial charge in [-0.25, -0.2) is 8.78 Å². The zero-order chi connectivity index (χ0) is 16.1. The number of hydrogen-bond donors (Lipinski definition) is 0. The predicted octanol–water partition coefficient (Wildman–Crippen LogP) is 6.44. The lowest BCUT2D eigenvalue weighted by molar-refractivity contribution is 0.511. The minimum Gasteiger partial charge on any atom is -0.341 e. The number of aryl methyl sites for hydroxylation is 1. The van der Waals surface area contributed by atoms with Gasteiger partial charge in [-0.1, -0.05) is 23.4 Å². The molecule has 0 atom stereocenters. The van der Waals surface area contributed by atoms with Crippen molar-refractivity contribution in [3.05, 3.63) is 63.6 Å². The number of rotatable bonds is 2. The molecule has 1 radical (unpaired) electrons. The minimum absolute atomic E-state index is 0.331. The second-order valence-electron chi connectivity index (χ2n) is 5.29. The van der Waals surface area contributed by atoms with Gasteiger partial charge >= 0.3 is 0 Å². The van der Waals surface area contributed by atoms with E-state index in [0.717, 1.165) is 27.3 Å². The minimum atomic E-state index is -0.834. The Kier molecular flexibility index (Phi) is 3.90. The second-order valence-corrected chi connectivity index (χ2v) is 7.67. The van der Waals surface area contributed by atoms with Crippen LogP contribution >= 0.6 is 39.3 Å². The maximum Gasteiger partial charge on any atom is 0.183 e. The van der Waals surface area contributed by atoms with E-state index >= 15 is 0 Å². The summed E-state index contributed by atoms with van der Waals surface area (Å²) in [5.41, 5.74) is 1.28. The number of aromatic nitrogens is 1. The summed E-state index contributed by atoms with van der Waals surface area (Å²) in [6.45, 7) is 0.666. The summed E-state index contributed by atoms with van der Waals surface area (Å²) >= 11 is 10.9. The van der Waals surface area contributed by atoms with Crippen molar-refractivity contribution < 1.29 is 8.78 Å². The average molecular weight is 414 g/mol. The van der Waals surface area contributed by atoms with Crippen molar-refractivity contribution in [3.63, 3.8) is 0 Å².